The van der Waals surface area contributed by atoms with Gasteiger partial charge in [-0.3, -0.25) is 0 Å². The van der Waals surface area contributed by atoms with Crippen molar-refractivity contribution in [2.75, 3.05) is 26.4 Å². The molecule has 3 rings (SSSR count). The number of ether oxygens (including phenoxy) is 3. The van der Waals surface area contributed by atoms with E-state index in [1.807, 2.05) is 24.3 Å². The molecule has 0 spiro atoms. The first kappa shape index (κ1) is 18.0. The van der Waals surface area contributed by atoms with Crippen LogP contribution in [-0.2, 0) is 14.3 Å². The highest BCUT2D eigenvalue weighted by Crippen LogP contribution is 2.34. The summed E-state index contributed by atoms with van der Waals surface area (Å²) in [5.41, 5.74) is 0.385. The van der Waals surface area contributed by atoms with Crippen LogP contribution in [0.1, 0.15) is 6.92 Å². The van der Waals surface area contributed by atoms with E-state index in [-0.39, 0.29) is 6.61 Å². The first-order valence-electron chi connectivity index (χ1n) is 8.60. The van der Waals surface area contributed by atoms with Crippen molar-refractivity contribution in [2.24, 2.45) is 0 Å². The van der Waals surface area contributed by atoms with Crippen LogP contribution in [0, 0.1) is 0 Å². The molecule has 0 N–H and O–H groups in total. The van der Waals surface area contributed by atoms with Gasteiger partial charge in [0.05, 0.1) is 13.2 Å². The first-order valence-corrected chi connectivity index (χ1v) is 8.60. The number of benzene rings is 3. The van der Waals surface area contributed by atoms with E-state index in [9.17, 15) is 4.79 Å². The van der Waals surface area contributed by atoms with Crippen LogP contribution >= 0.6 is 0 Å². The lowest BCUT2D eigenvalue weighted by Gasteiger charge is -2.13. The third kappa shape index (κ3) is 4.21. The molecule has 0 saturated carbocycles. The third-order valence-corrected chi connectivity index (χ3v) is 4.01. The summed E-state index contributed by atoms with van der Waals surface area (Å²) in [5, 5.41) is 4.46. The van der Waals surface area contributed by atoms with Crippen LogP contribution in [0.5, 0.6) is 5.75 Å². The molecule has 0 unspecified atom stereocenters. The van der Waals surface area contributed by atoms with Crippen molar-refractivity contribution in [1.29, 1.82) is 0 Å². The van der Waals surface area contributed by atoms with Crippen LogP contribution in [0.25, 0.3) is 21.5 Å². The molecule has 0 aliphatic rings. The topological polar surface area (TPSA) is 44.8 Å². The minimum atomic E-state index is -0.396. The lowest BCUT2D eigenvalue weighted by Crippen LogP contribution is -2.14. The fraction of sp³-hybridized carbons (Fsp3) is 0.227. The van der Waals surface area contributed by atoms with Crippen molar-refractivity contribution in [3.8, 4) is 5.75 Å². The summed E-state index contributed by atoms with van der Waals surface area (Å²) in [4.78, 5) is 11.3. The Bertz CT molecular complexity index is 876. The van der Waals surface area contributed by atoms with E-state index in [0.29, 0.717) is 25.4 Å². The molecule has 0 radical (unpaired) electrons. The van der Waals surface area contributed by atoms with E-state index >= 15 is 0 Å². The van der Waals surface area contributed by atoms with Gasteiger partial charge in [-0.2, -0.15) is 0 Å². The molecule has 0 aromatic heterocycles. The van der Waals surface area contributed by atoms with E-state index in [4.69, 9.17) is 14.2 Å². The molecule has 0 saturated heterocycles. The van der Waals surface area contributed by atoms with Gasteiger partial charge in [0.25, 0.3) is 0 Å². The maximum absolute atomic E-state index is 11.3. The van der Waals surface area contributed by atoms with Gasteiger partial charge in [-0.05, 0) is 23.8 Å². The molecule has 0 amide bonds. The quantitative estimate of drug-likeness (QED) is 0.260. The minimum Gasteiger partial charge on any atom is -0.490 e. The summed E-state index contributed by atoms with van der Waals surface area (Å²) in [5.74, 6) is 0.475. The smallest absolute Gasteiger partial charge is 0.333 e. The lowest BCUT2D eigenvalue weighted by atomic mass is 10.0. The number of carbonyl (C=O) groups excluding carboxylic acids is 1. The molecule has 4 nitrogen and oxygen atoms in total. The Morgan fingerprint density at radius 1 is 0.885 bits per heavy atom. The number of carbonyl (C=O) groups is 1. The van der Waals surface area contributed by atoms with E-state index < -0.39 is 5.97 Å². The van der Waals surface area contributed by atoms with Crippen molar-refractivity contribution in [2.45, 2.75) is 6.92 Å². The average Bonchev–Trinajstić information content (AvgIpc) is 2.66. The van der Waals surface area contributed by atoms with Gasteiger partial charge in [-0.15, -0.1) is 0 Å². The van der Waals surface area contributed by atoms with Gasteiger partial charge in [-0.1, -0.05) is 55.1 Å². The molecule has 4 heteroatoms. The number of hydrogen-bond donors (Lipinski definition) is 0. The summed E-state index contributed by atoms with van der Waals surface area (Å²) in [7, 11) is 0. The lowest BCUT2D eigenvalue weighted by molar-refractivity contribution is -0.140. The molecule has 3 aromatic carbocycles. The highest BCUT2D eigenvalue weighted by Gasteiger charge is 2.08. The van der Waals surface area contributed by atoms with Crippen LogP contribution in [0.4, 0.5) is 0 Å². The zero-order valence-electron chi connectivity index (χ0n) is 14.9. The van der Waals surface area contributed by atoms with Crippen LogP contribution in [0.15, 0.2) is 66.7 Å². The van der Waals surface area contributed by atoms with Gasteiger partial charge in [0.1, 0.15) is 19.0 Å². The van der Waals surface area contributed by atoms with Crippen molar-refractivity contribution in [3.05, 3.63) is 66.7 Å². The summed E-state index contributed by atoms with van der Waals surface area (Å²) in [6.07, 6.45) is 0. The Morgan fingerprint density at radius 3 is 2.08 bits per heavy atom. The highest BCUT2D eigenvalue weighted by molar-refractivity contribution is 6.05. The standard InChI is InChI=1S/C22H22O4/c1-16(2)22(23)26-14-12-24-11-13-25-21-19-9-5-3-7-17(19)15-18-8-4-6-10-20(18)21/h3-10,15H,1,11-14H2,2H3. The Kier molecular flexibility index (Phi) is 5.87. The van der Waals surface area contributed by atoms with Crippen LogP contribution in [0.3, 0.4) is 0 Å². The SMILES string of the molecule is C=C(C)C(=O)OCCOCCOc1c2ccccc2cc2ccccc12. The Balaban J connectivity index is 1.60. The Hall–Kier alpha value is -2.85. The second-order valence-corrected chi connectivity index (χ2v) is 6.03. The predicted molar refractivity (Wildman–Crippen MR) is 104 cm³/mol. The van der Waals surface area contributed by atoms with Crippen molar-refractivity contribution in [3.63, 3.8) is 0 Å². The second-order valence-electron chi connectivity index (χ2n) is 6.03. The average molecular weight is 350 g/mol. The highest BCUT2D eigenvalue weighted by atomic mass is 16.6. The maximum atomic E-state index is 11.3. The van der Waals surface area contributed by atoms with E-state index in [1.54, 1.807) is 6.92 Å². The van der Waals surface area contributed by atoms with Crippen LogP contribution < -0.4 is 4.74 Å². The molecule has 0 bridgehead atoms. The van der Waals surface area contributed by atoms with Gasteiger partial charge in [0.2, 0.25) is 0 Å². The molecule has 0 atom stereocenters. The van der Waals surface area contributed by atoms with Gasteiger partial charge in [0.15, 0.2) is 0 Å². The molecule has 134 valence electrons. The zero-order chi connectivity index (χ0) is 18.4. The maximum Gasteiger partial charge on any atom is 0.333 e. The van der Waals surface area contributed by atoms with E-state index in [0.717, 1.165) is 27.3 Å². The minimum absolute atomic E-state index is 0.211. The first-order chi connectivity index (χ1) is 12.7. The Morgan fingerprint density at radius 2 is 1.46 bits per heavy atom. The number of esters is 1. The summed E-state index contributed by atoms with van der Waals surface area (Å²) in [6, 6.07) is 18.5. The van der Waals surface area contributed by atoms with E-state index in [2.05, 4.69) is 36.9 Å². The largest absolute Gasteiger partial charge is 0.490 e. The fourth-order valence-corrected chi connectivity index (χ4v) is 2.75. The normalized spacial score (nSPS) is 10.8. The van der Waals surface area contributed by atoms with Gasteiger partial charge < -0.3 is 14.2 Å². The third-order valence-electron chi connectivity index (χ3n) is 4.01. The van der Waals surface area contributed by atoms with E-state index in [1.165, 1.54) is 0 Å². The second kappa shape index (κ2) is 8.50. The molecule has 3 aromatic rings. The fourth-order valence-electron chi connectivity index (χ4n) is 2.75. The molecule has 0 fully saturated rings. The molecule has 0 heterocycles. The van der Waals surface area contributed by atoms with Gasteiger partial charge in [0, 0.05) is 16.3 Å². The van der Waals surface area contributed by atoms with Crippen LogP contribution in [0.2, 0.25) is 0 Å². The number of fused-ring (bicyclic) bond motifs is 2. The Labute approximate surface area is 153 Å². The summed E-state index contributed by atoms with van der Waals surface area (Å²) in [6.45, 7) is 6.53. The van der Waals surface area contributed by atoms with Crippen LogP contribution in [-0.4, -0.2) is 32.4 Å². The van der Waals surface area contributed by atoms with Crippen molar-refractivity contribution < 1.29 is 19.0 Å². The van der Waals surface area contributed by atoms with Gasteiger partial charge in [-0.25, -0.2) is 4.79 Å². The molecule has 0 aliphatic carbocycles. The molecule has 26 heavy (non-hydrogen) atoms. The monoisotopic (exact) mass is 350 g/mol. The molecular weight excluding hydrogens is 328 g/mol. The summed E-state index contributed by atoms with van der Waals surface area (Å²) >= 11 is 0. The molecular formula is C22H22O4. The van der Waals surface area contributed by atoms with Gasteiger partial charge >= 0.3 is 5.97 Å². The number of hydrogen-bond acceptors (Lipinski definition) is 4. The predicted octanol–water partition coefficient (Wildman–Crippen LogP) is 4.51. The molecule has 0 aliphatic heterocycles. The summed E-state index contributed by atoms with van der Waals surface area (Å²) < 4.78 is 16.5. The van der Waals surface area contributed by atoms with Crippen molar-refractivity contribution in [1.82, 2.24) is 0 Å². The van der Waals surface area contributed by atoms with Crippen molar-refractivity contribution >= 4 is 27.5 Å². The zero-order valence-corrected chi connectivity index (χ0v) is 14.9. The number of rotatable bonds is 8.